The first kappa shape index (κ1) is 12.1. The number of carbonyl (C=O) groups is 2. The molecule has 0 saturated heterocycles. The van der Waals surface area contributed by atoms with Crippen LogP contribution < -0.4 is 0 Å². The van der Waals surface area contributed by atoms with E-state index in [4.69, 9.17) is 5.11 Å². The van der Waals surface area contributed by atoms with Crippen LogP contribution in [-0.2, 0) is 4.79 Å². The Morgan fingerprint density at radius 2 is 2.00 bits per heavy atom. The number of rotatable bonds is 4. The van der Waals surface area contributed by atoms with E-state index in [9.17, 15) is 9.59 Å². The van der Waals surface area contributed by atoms with Gasteiger partial charge >= 0.3 is 5.97 Å². The highest BCUT2D eigenvalue weighted by Crippen LogP contribution is 2.33. The predicted molar refractivity (Wildman–Crippen MR) is 64.3 cm³/mol. The minimum absolute atomic E-state index is 0.133. The molecule has 4 nitrogen and oxygen atoms in total. The molecule has 0 radical (unpaired) electrons. The second kappa shape index (κ2) is 5.31. The van der Waals surface area contributed by atoms with Crippen LogP contribution in [0.5, 0.6) is 0 Å². The topological polar surface area (TPSA) is 67.3 Å². The Bertz CT molecular complexity index is 424. The molecule has 1 aromatic heterocycles. The highest BCUT2D eigenvalue weighted by atomic mass is 32.2. The lowest BCUT2D eigenvalue weighted by atomic mass is 10.2. The predicted octanol–water partition coefficient (Wildman–Crippen LogP) is 2.38. The highest BCUT2D eigenvalue weighted by Gasteiger charge is 2.18. The molecule has 0 aromatic carbocycles. The number of carboxylic acids is 1. The van der Waals surface area contributed by atoms with Crippen molar-refractivity contribution >= 4 is 23.5 Å². The number of hydrogen-bond donors (Lipinski definition) is 1. The summed E-state index contributed by atoms with van der Waals surface area (Å²) in [6.45, 7) is 0. The molecular weight excluding hydrogens is 238 g/mol. The standard InChI is InChI=1S/C12H13NO3S/c14-11(12(15)16)8-5-6-10(13-7-8)17-9-3-1-2-4-9/h5-7,9H,1-4H2,(H,15,16). The molecule has 0 unspecified atom stereocenters. The average molecular weight is 251 g/mol. The Morgan fingerprint density at radius 1 is 1.29 bits per heavy atom. The van der Waals surface area contributed by atoms with E-state index >= 15 is 0 Å². The molecule has 2 rings (SSSR count). The SMILES string of the molecule is O=C(O)C(=O)c1ccc(SC2CCCC2)nc1. The van der Waals surface area contributed by atoms with Gasteiger partial charge in [-0.2, -0.15) is 0 Å². The first-order valence-electron chi connectivity index (χ1n) is 5.57. The zero-order valence-corrected chi connectivity index (χ0v) is 10.1. The highest BCUT2D eigenvalue weighted by molar-refractivity contribution is 7.99. The average Bonchev–Trinajstić information content (AvgIpc) is 2.82. The number of carboxylic acid groups (broad SMARTS) is 1. The van der Waals surface area contributed by atoms with Crippen molar-refractivity contribution < 1.29 is 14.7 Å². The molecule has 5 heteroatoms. The van der Waals surface area contributed by atoms with E-state index in [0.717, 1.165) is 5.03 Å². The van der Waals surface area contributed by atoms with Gasteiger partial charge < -0.3 is 5.11 Å². The molecule has 0 bridgehead atoms. The number of nitrogens with zero attached hydrogens (tertiary/aromatic N) is 1. The van der Waals surface area contributed by atoms with Crippen molar-refractivity contribution in [2.45, 2.75) is 36.0 Å². The fourth-order valence-electron chi connectivity index (χ4n) is 1.88. The van der Waals surface area contributed by atoms with E-state index in [-0.39, 0.29) is 5.56 Å². The zero-order valence-electron chi connectivity index (χ0n) is 9.26. The summed E-state index contributed by atoms with van der Waals surface area (Å²) >= 11 is 1.71. The molecule has 1 fully saturated rings. The monoisotopic (exact) mass is 251 g/mol. The number of aliphatic carboxylic acids is 1. The molecule has 1 aromatic rings. The maximum Gasteiger partial charge on any atom is 0.377 e. The fraction of sp³-hybridized carbons (Fsp3) is 0.417. The number of hydrogen-bond acceptors (Lipinski definition) is 4. The van der Waals surface area contributed by atoms with Crippen molar-refractivity contribution in [3.8, 4) is 0 Å². The van der Waals surface area contributed by atoms with Crippen molar-refractivity contribution in [2.24, 2.45) is 0 Å². The summed E-state index contributed by atoms with van der Waals surface area (Å²) in [4.78, 5) is 25.8. The van der Waals surface area contributed by atoms with Gasteiger partial charge in [-0.1, -0.05) is 12.8 Å². The third kappa shape index (κ3) is 3.06. The normalized spacial score (nSPS) is 16.0. The molecule has 1 saturated carbocycles. The largest absolute Gasteiger partial charge is 0.475 e. The number of pyridine rings is 1. The minimum Gasteiger partial charge on any atom is -0.475 e. The van der Waals surface area contributed by atoms with Crippen LogP contribution in [0.4, 0.5) is 0 Å². The van der Waals surface area contributed by atoms with Gasteiger partial charge in [-0.25, -0.2) is 9.78 Å². The molecule has 90 valence electrons. The summed E-state index contributed by atoms with van der Waals surface area (Å²) in [5, 5.41) is 10.0. The lowest BCUT2D eigenvalue weighted by molar-refractivity contribution is -0.131. The van der Waals surface area contributed by atoms with Crippen LogP contribution in [0.25, 0.3) is 0 Å². The molecule has 1 heterocycles. The second-order valence-electron chi connectivity index (χ2n) is 4.04. The van der Waals surface area contributed by atoms with Gasteiger partial charge in [0.2, 0.25) is 0 Å². The summed E-state index contributed by atoms with van der Waals surface area (Å²) in [7, 11) is 0. The Morgan fingerprint density at radius 3 is 2.53 bits per heavy atom. The molecular formula is C12H13NO3S. The summed E-state index contributed by atoms with van der Waals surface area (Å²) < 4.78 is 0. The Labute approximate surface area is 103 Å². The summed E-state index contributed by atoms with van der Waals surface area (Å²) in [5.41, 5.74) is 0.133. The fourth-order valence-corrected chi connectivity index (χ4v) is 3.06. The van der Waals surface area contributed by atoms with Gasteiger partial charge in [-0.15, -0.1) is 11.8 Å². The summed E-state index contributed by atoms with van der Waals surface area (Å²) in [5.74, 6) is -2.35. The Hall–Kier alpha value is -1.36. The third-order valence-electron chi connectivity index (χ3n) is 2.78. The molecule has 1 aliphatic rings. The van der Waals surface area contributed by atoms with Crippen molar-refractivity contribution in [1.29, 1.82) is 0 Å². The Balaban J connectivity index is 2.02. The molecule has 0 atom stereocenters. The number of ketones is 1. The van der Waals surface area contributed by atoms with Gasteiger partial charge in [0, 0.05) is 17.0 Å². The van der Waals surface area contributed by atoms with Crippen LogP contribution in [0.1, 0.15) is 36.0 Å². The van der Waals surface area contributed by atoms with Gasteiger partial charge in [0.1, 0.15) is 0 Å². The van der Waals surface area contributed by atoms with Crippen molar-refractivity contribution in [1.82, 2.24) is 4.98 Å². The first-order valence-corrected chi connectivity index (χ1v) is 6.45. The number of thioether (sulfide) groups is 1. The van der Waals surface area contributed by atoms with E-state index in [0.29, 0.717) is 5.25 Å². The molecule has 1 aliphatic carbocycles. The number of aromatic nitrogens is 1. The quantitative estimate of drug-likeness (QED) is 0.657. The molecule has 0 spiro atoms. The molecule has 17 heavy (non-hydrogen) atoms. The maximum absolute atomic E-state index is 11.2. The van der Waals surface area contributed by atoms with Crippen LogP contribution in [0.2, 0.25) is 0 Å². The van der Waals surface area contributed by atoms with Crippen molar-refractivity contribution in [3.05, 3.63) is 23.9 Å². The smallest absolute Gasteiger partial charge is 0.377 e. The maximum atomic E-state index is 11.2. The van der Waals surface area contributed by atoms with E-state index in [1.165, 1.54) is 37.9 Å². The first-order chi connectivity index (χ1) is 8.16. The second-order valence-corrected chi connectivity index (χ2v) is 5.36. The van der Waals surface area contributed by atoms with Crippen molar-refractivity contribution in [3.63, 3.8) is 0 Å². The van der Waals surface area contributed by atoms with Gasteiger partial charge in [0.15, 0.2) is 0 Å². The van der Waals surface area contributed by atoms with Crippen LogP contribution in [0, 0.1) is 0 Å². The van der Waals surface area contributed by atoms with Crippen LogP contribution >= 0.6 is 11.8 Å². The van der Waals surface area contributed by atoms with Gasteiger partial charge in [0.05, 0.1) is 5.03 Å². The molecule has 0 amide bonds. The lowest BCUT2D eigenvalue weighted by Gasteiger charge is -2.07. The van der Waals surface area contributed by atoms with Crippen molar-refractivity contribution in [2.75, 3.05) is 0 Å². The van der Waals surface area contributed by atoms with Crippen LogP contribution in [0.3, 0.4) is 0 Å². The van der Waals surface area contributed by atoms with Gasteiger partial charge in [-0.05, 0) is 25.0 Å². The van der Waals surface area contributed by atoms with Gasteiger partial charge in [-0.3, -0.25) is 4.79 Å². The van der Waals surface area contributed by atoms with Crippen LogP contribution in [0.15, 0.2) is 23.4 Å². The lowest BCUT2D eigenvalue weighted by Crippen LogP contribution is -2.12. The summed E-state index contributed by atoms with van der Waals surface area (Å²) in [6, 6.07) is 3.25. The number of carbonyl (C=O) groups excluding carboxylic acids is 1. The molecule has 0 aliphatic heterocycles. The van der Waals surface area contributed by atoms with E-state index in [1.807, 2.05) is 0 Å². The van der Waals surface area contributed by atoms with E-state index in [1.54, 1.807) is 17.8 Å². The number of Topliss-reactive ketones (excluding diaryl/α,β-unsaturated/α-hetero) is 1. The van der Waals surface area contributed by atoms with E-state index < -0.39 is 11.8 Å². The van der Waals surface area contributed by atoms with Crippen LogP contribution in [-0.4, -0.2) is 27.1 Å². The zero-order chi connectivity index (χ0) is 12.3. The van der Waals surface area contributed by atoms with Gasteiger partial charge in [0.25, 0.3) is 5.78 Å². The van der Waals surface area contributed by atoms with E-state index in [2.05, 4.69) is 4.98 Å². The third-order valence-corrected chi connectivity index (χ3v) is 4.07. The Kier molecular flexibility index (Phi) is 3.78. The minimum atomic E-state index is -1.44. The summed E-state index contributed by atoms with van der Waals surface area (Å²) in [6.07, 6.45) is 6.30. The molecule has 1 N–H and O–H groups in total.